The van der Waals surface area contributed by atoms with E-state index in [9.17, 15) is 14.9 Å². The average Bonchev–Trinajstić information content (AvgIpc) is 3.02. The van der Waals surface area contributed by atoms with Crippen LogP contribution in [0.2, 0.25) is 0 Å². The average molecular weight is 341 g/mol. The number of rotatable bonds is 6. The van der Waals surface area contributed by atoms with Gasteiger partial charge in [0, 0.05) is 24.7 Å². The molecule has 0 saturated carbocycles. The molecule has 1 aromatic heterocycles. The number of halogens is 1. The highest BCUT2D eigenvalue weighted by Gasteiger charge is 2.13. The highest BCUT2D eigenvalue weighted by atomic mass is 35.5. The molecular formula is C13H17ClN6O3. The van der Waals surface area contributed by atoms with Gasteiger partial charge in [-0.15, -0.1) is 17.5 Å². The summed E-state index contributed by atoms with van der Waals surface area (Å²) >= 11 is 0. The Bertz CT molecular complexity index is 690. The Morgan fingerprint density at radius 1 is 1.48 bits per heavy atom. The molecule has 1 heterocycles. The highest BCUT2D eigenvalue weighted by molar-refractivity contribution is 5.91. The lowest BCUT2D eigenvalue weighted by molar-refractivity contribution is -0.384. The highest BCUT2D eigenvalue weighted by Crippen LogP contribution is 2.15. The van der Waals surface area contributed by atoms with Crippen LogP contribution < -0.4 is 10.6 Å². The van der Waals surface area contributed by atoms with Gasteiger partial charge in [0.15, 0.2) is 5.69 Å². The Morgan fingerprint density at radius 2 is 2.22 bits per heavy atom. The zero-order valence-electron chi connectivity index (χ0n) is 12.6. The van der Waals surface area contributed by atoms with E-state index in [0.717, 1.165) is 0 Å². The lowest BCUT2D eigenvalue weighted by atomic mass is 10.3. The first-order valence-corrected chi connectivity index (χ1v) is 6.64. The summed E-state index contributed by atoms with van der Waals surface area (Å²) in [5.41, 5.74) is 0.556. The summed E-state index contributed by atoms with van der Waals surface area (Å²) < 4.78 is 1.32. The van der Waals surface area contributed by atoms with Crippen molar-refractivity contribution >= 4 is 24.0 Å². The summed E-state index contributed by atoms with van der Waals surface area (Å²) in [5.74, 6) is -0.348. The number of likely N-dealkylation sites (N-methyl/N-ethyl adjacent to an activating group) is 1. The summed E-state index contributed by atoms with van der Waals surface area (Å²) in [6.07, 6.45) is 1.43. The fraction of sp³-hybridized carbons (Fsp3) is 0.308. The van der Waals surface area contributed by atoms with Crippen molar-refractivity contribution in [3.05, 3.63) is 46.3 Å². The van der Waals surface area contributed by atoms with Gasteiger partial charge in [0.2, 0.25) is 0 Å². The maximum Gasteiger partial charge on any atom is 0.273 e. The number of non-ortho nitro benzene ring substituents is 1. The van der Waals surface area contributed by atoms with Gasteiger partial charge < -0.3 is 10.6 Å². The van der Waals surface area contributed by atoms with Crippen LogP contribution in [0.3, 0.4) is 0 Å². The maximum atomic E-state index is 11.9. The Balaban J connectivity index is 0.00000264. The number of nitrogens with one attached hydrogen (secondary N) is 2. The lowest BCUT2D eigenvalue weighted by Crippen LogP contribution is -2.37. The second kappa shape index (κ2) is 8.20. The minimum Gasteiger partial charge on any atom is -0.349 e. The Labute approximate surface area is 138 Å². The van der Waals surface area contributed by atoms with Gasteiger partial charge >= 0.3 is 0 Å². The topological polar surface area (TPSA) is 115 Å². The van der Waals surface area contributed by atoms with Crippen molar-refractivity contribution in [2.75, 3.05) is 13.6 Å². The van der Waals surface area contributed by atoms with Crippen LogP contribution >= 0.6 is 12.4 Å². The van der Waals surface area contributed by atoms with E-state index in [-0.39, 0.29) is 35.7 Å². The van der Waals surface area contributed by atoms with Crippen LogP contribution in [0, 0.1) is 10.1 Å². The molecule has 0 aliphatic heterocycles. The summed E-state index contributed by atoms with van der Waals surface area (Å²) in [6.45, 7) is 2.39. The molecular weight excluding hydrogens is 324 g/mol. The molecule has 0 saturated heterocycles. The minimum atomic E-state index is -0.493. The number of nitrogens with zero attached hydrogens (tertiary/aromatic N) is 4. The van der Waals surface area contributed by atoms with E-state index in [2.05, 4.69) is 20.9 Å². The fourth-order valence-corrected chi connectivity index (χ4v) is 1.68. The molecule has 1 unspecified atom stereocenters. The summed E-state index contributed by atoms with van der Waals surface area (Å²) in [7, 11) is 1.80. The molecule has 2 N–H and O–H groups in total. The maximum absolute atomic E-state index is 11.9. The second-order valence-electron chi connectivity index (χ2n) is 4.73. The predicted octanol–water partition coefficient (Wildman–Crippen LogP) is 0.935. The van der Waals surface area contributed by atoms with Crippen LogP contribution in [-0.2, 0) is 0 Å². The van der Waals surface area contributed by atoms with Gasteiger partial charge in [0.25, 0.3) is 11.6 Å². The smallest absolute Gasteiger partial charge is 0.273 e. The number of hydrogen-bond donors (Lipinski definition) is 2. The van der Waals surface area contributed by atoms with E-state index in [4.69, 9.17) is 0 Å². The van der Waals surface area contributed by atoms with Crippen molar-refractivity contribution in [1.82, 2.24) is 25.6 Å². The molecule has 124 valence electrons. The van der Waals surface area contributed by atoms with Gasteiger partial charge in [0.05, 0.1) is 16.8 Å². The van der Waals surface area contributed by atoms with Crippen molar-refractivity contribution < 1.29 is 9.72 Å². The van der Waals surface area contributed by atoms with Crippen LogP contribution in [0.15, 0.2) is 30.5 Å². The quantitative estimate of drug-likeness (QED) is 0.597. The van der Waals surface area contributed by atoms with Crippen molar-refractivity contribution in [2.24, 2.45) is 0 Å². The Morgan fingerprint density at radius 3 is 2.87 bits per heavy atom. The SMILES string of the molecule is CNC(C)CNC(=O)c1cn(-c2cccc([N+](=O)[O-])c2)nn1.Cl. The number of carbonyl (C=O) groups excluding carboxylic acids is 1. The van der Waals surface area contributed by atoms with Gasteiger partial charge in [-0.3, -0.25) is 14.9 Å². The van der Waals surface area contributed by atoms with Crippen LogP contribution in [0.1, 0.15) is 17.4 Å². The first kappa shape index (κ1) is 18.5. The van der Waals surface area contributed by atoms with Crippen LogP contribution in [0.4, 0.5) is 5.69 Å². The molecule has 0 aliphatic rings. The van der Waals surface area contributed by atoms with E-state index >= 15 is 0 Å². The van der Waals surface area contributed by atoms with Crippen molar-refractivity contribution in [3.8, 4) is 5.69 Å². The standard InChI is InChI=1S/C13H16N6O3.ClH/c1-9(14-2)7-15-13(20)12-8-18(17-16-12)10-4-3-5-11(6-10)19(21)22;/h3-6,8-9,14H,7H2,1-2H3,(H,15,20);1H. The Hall–Kier alpha value is -2.52. The summed E-state index contributed by atoms with van der Waals surface area (Å²) in [6, 6.07) is 6.07. The van der Waals surface area contributed by atoms with E-state index in [1.807, 2.05) is 6.92 Å². The van der Waals surface area contributed by atoms with Crippen LogP contribution in [0.5, 0.6) is 0 Å². The normalized spacial score (nSPS) is 11.4. The van der Waals surface area contributed by atoms with E-state index < -0.39 is 4.92 Å². The number of nitro benzene ring substituents is 1. The van der Waals surface area contributed by atoms with Crippen molar-refractivity contribution in [2.45, 2.75) is 13.0 Å². The molecule has 2 aromatic rings. The zero-order valence-corrected chi connectivity index (χ0v) is 13.4. The number of aromatic nitrogens is 3. The van der Waals surface area contributed by atoms with Gasteiger partial charge in [-0.05, 0) is 20.0 Å². The second-order valence-corrected chi connectivity index (χ2v) is 4.73. The molecule has 1 amide bonds. The third-order valence-electron chi connectivity index (χ3n) is 3.09. The molecule has 10 heteroatoms. The number of carbonyl (C=O) groups is 1. The van der Waals surface area contributed by atoms with Crippen molar-refractivity contribution in [1.29, 1.82) is 0 Å². The molecule has 0 spiro atoms. The van der Waals surface area contributed by atoms with E-state index in [1.54, 1.807) is 19.2 Å². The first-order chi connectivity index (χ1) is 10.5. The van der Waals surface area contributed by atoms with Crippen LogP contribution in [-0.4, -0.2) is 45.5 Å². The zero-order chi connectivity index (χ0) is 16.1. The molecule has 2 rings (SSSR count). The molecule has 0 aliphatic carbocycles. The molecule has 23 heavy (non-hydrogen) atoms. The largest absolute Gasteiger partial charge is 0.349 e. The molecule has 9 nitrogen and oxygen atoms in total. The third-order valence-corrected chi connectivity index (χ3v) is 3.09. The van der Waals surface area contributed by atoms with Crippen molar-refractivity contribution in [3.63, 3.8) is 0 Å². The third kappa shape index (κ3) is 4.73. The predicted molar refractivity (Wildman–Crippen MR) is 86.1 cm³/mol. The van der Waals surface area contributed by atoms with Gasteiger partial charge in [-0.2, -0.15) is 0 Å². The molecule has 0 bridgehead atoms. The number of hydrogen-bond acceptors (Lipinski definition) is 6. The molecule has 0 fully saturated rings. The summed E-state index contributed by atoms with van der Waals surface area (Å²) in [5, 5.41) is 24.1. The lowest BCUT2D eigenvalue weighted by Gasteiger charge is -2.09. The van der Waals surface area contributed by atoms with E-state index in [1.165, 1.54) is 23.0 Å². The molecule has 1 aromatic carbocycles. The van der Waals surface area contributed by atoms with Gasteiger partial charge in [0.1, 0.15) is 0 Å². The number of amides is 1. The molecule has 1 atom stereocenters. The van der Waals surface area contributed by atoms with Gasteiger partial charge in [-0.1, -0.05) is 11.3 Å². The van der Waals surface area contributed by atoms with Crippen LogP contribution in [0.25, 0.3) is 5.69 Å². The number of benzene rings is 1. The first-order valence-electron chi connectivity index (χ1n) is 6.64. The van der Waals surface area contributed by atoms with Gasteiger partial charge in [-0.25, -0.2) is 4.68 Å². The fourth-order valence-electron chi connectivity index (χ4n) is 1.68. The Kier molecular flexibility index (Phi) is 6.61. The summed E-state index contributed by atoms with van der Waals surface area (Å²) in [4.78, 5) is 22.2. The molecule has 0 radical (unpaired) electrons. The monoisotopic (exact) mass is 340 g/mol. The van der Waals surface area contributed by atoms with E-state index in [0.29, 0.717) is 12.2 Å². The number of nitro groups is 1. The minimum absolute atomic E-state index is 0.